The summed E-state index contributed by atoms with van der Waals surface area (Å²) in [6, 6.07) is 6.41. The highest BCUT2D eigenvalue weighted by Crippen LogP contribution is 2.46. The fourth-order valence-corrected chi connectivity index (χ4v) is 2.46. The maximum Gasteiger partial charge on any atom is 0.115 e. The molecule has 0 radical (unpaired) electrons. The van der Waals surface area contributed by atoms with Gasteiger partial charge in [0.15, 0.2) is 0 Å². The number of hydrogen-bond donors (Lipinski definition) is 2. The number of imidazole rings is 1. The number of H-pyrrole nitrogens is 1. The number of rotatable bonds is 3. The highest BCUT2D eigenvalue weighted by atomic mass is 16.3. The first-order valence-electron chi connectivity index (χ1n) is 6.39. The van der Waals surface area contributed by atoms with Crippen LogP contribution in [0.2, 0.25) is 0 Å². The molecule has 2 aromatic rings. The maximum absolute atomic E-state index is 9.42. The molecule has 94 valence electrons. The number of aliphatic hydroxyl groups is 1. The minimum Gasteiger partial charge on any atom is -0.395 e. The van der Waals surface area contributed by atoms with E-state index in [4.69, 9.17) is 0 Å². The molecule has 0 unspecified atom stereocenters. The summed E-state index contributed by atoms with van der Waals surface area (Å²) < 4.78 is 0. The summed E-state index contributed by atoms with van der Waals surface area (Å²) >= 11 is 0. The smallest absolute Gasteiger partial charge is 0.115 e. The van der Waals surface area contributed by atoms with Crippen molar-refractivity contribution in [3.8, 4) is 11.3 Å². The van der Waals surface area contributed by atoms with Gasteiger partial charge >= 0.3 is 0 Å². The van der Waals surface area contributed by atoms with E-state index in [0.29, 0.717) is 0 Å². The molecule has 1 heterocycles. The fraction of sp³-hybridized carbons (Fsp3) is 0.400. The largest absolute Gasteiger partial charge is 0.395 e. The molecule has 1 saturated carbocycles. The third kappa shape index (κ3) is 1.75. The predicted molar refractivity (Wildman–Crippen MR) is 71.5 cm³/mol. The normalized spacial score (nSPS) is 16.8. The molecular formula is C15H18N2O. The van der Waals surface area contributed by atoms with Crippen molar-refractivity contribution >= 4 is 0 Å². The van der Waals surface area contributed by atoms with E-state index in [1.165, 1.54) is 16.7 Å². The summed E-state index contributed by atoms with van der Waals surface area (Å²) in [6.07, 6.45) is 3.94. The van der Waals surface area contributed by atoms with Crippen LogP contribution < -0.4 is 0 Å². The van der Waals surface area contributed by atoms with Gasteiger partial charge in [0.1, 0.15) is 5.82 Å². The average molecular weight is 242 g/mol. The molecule has 0 spiro atoms. The number of aromatic amines is 1. The number of aryl methyl sites for hydroxylation is 2. The van der Waals surface area contributed by atoms with Crippen molar-refractivity contribution in [2.75, 3.05) is 6.61 Å². The topological polar surface area (TPSA) is 48.9 Å². The summed E-state index contributed by atoms with van der Waals surface area (Å²) in [6.45, 7) is 4.40. The van der Waals surface area contributed by atoms with Gasteiger partial charge in [-0.2, -0.15) is 0 Å². The second-order valence-corrected chi connectivity index (χ2v) is 5.40. The van der Waals surface area contributed by atoms with E-state index in [9.17, 15) is 5.11 Å². The maximum atomic E-state index is 9.42. The van der Waals surface area contributed by atoms with Gasteiger partial charge in [0, 0.05) is 5.56 Å². The highest BCUT2D eigenvalue weighted by Gasteiger charge is 2.46. The van der Waals surface area contributed by atoms with Gasteiger partial charge in [-0.25, -0.2) is 4.98 Å². The van der Waals surface area contributed by atoms with Gasteiger partial charge in [0.2, 0.25) is 0 Å². The van der Waals surface area contributed by atoms with E-state index in [2.05, 4.69) is 42.0 Å². The van der Waals surface area contributed by atoms with Crippen molar-refractivity contribution in [3.63, 3.8) is 0 Å². The number of benzene rings is 1. The van der Waals surface area contributed by atoms with Crippen LogP contribution in [-0.4, -0.2) is 21.7 Å². The van der Waals surface area contributed by atoms with E-state index in [1.807, 2.05) is 6.20 Å². The van der Waals surface area contributed by atoms with E-state index in [0.717, 1.165) is 24.4 Å². The second kappa shape index (κ2) is 3.95. The van der Waals surface area contributed by atoms with Gasteiger partial charge in [-0.1, -0.05) is 23.8 Å². The molecule has 0 atom stereocenters. The molecule has 1 aliphatic rings. The zero-order valence-corrected chi connectivity index (χ0v) is 10.8. The lowest BCUT2D eigenvalue weighted by molar-refractivity contribution is 0.250. The molecule has 1 aliphatic carbocycles. The van der Waals surface area contributed by atoms with E-state index < -0.39 is 0 Å². The van der Waals surface area contributed by atoms with Crippen molar-refractivity contribution in [2.24, 2.45) is 0 Å². The quantitative estimate of drug-likeness (QED) is 0.869. The molecule has 0 aliphatic heterocycles. The van der Waals surface area contributed by atoms with E-state index in [1.54, 1.807) is 0 Å². The Labute approximate surface area is 107 Å². The minimum atomic E-state index is -0.0865. The summed E-state index contributed by atoms with van der Waals surface area (Å²) in [5, 5.41) is 9.42. The lowest BCUT2D eigenvalue weighted by Crippen LogP contribution is -2.13. The first-order chi connectivity index (χ1) is 8.64. The Bertz CT molecular complexity index is 582. The van der Waals surface area contributed by atoms with Crippen LogP contribution in [0.5, 0.6) is 0 Å². The lowest BCUT2D eigenvalue weighted by Gasteiger charge is -2.08. The van der Waals surface area contributed by atoms with Crippen LogP contribution >= 0.6 is 0 Å². The molecule has 0 bridgehead atoms. The van der Waals surface area contributed by atoms with Crippen LogP contribution in [0, 0.1) is 13.8 Å². The van der Waals surface area contributed by atoms with Gasteiger partial charge in [-0.3, -0.25) is 0 Å². The zero-order valence-electron chi connectivity index (χ0n) is 10.8. The van der Waals surface area contributed by atoms with Crippen molar-refractivity contribution < 1.29 is 5.11 Å². The summed E-state index contributed by atoms with van der Waals surface area (Å²) in [4.78, 5) is 7.82. The number of nitrogens with zero attached hydrogens (tertiary/aromatic N) is 1. The molecule has 0 amide bonds. The Hall–Kier alpha value is -1.61. The predicted octanol–water partition coefficient (Wildman–Crippen LogP) is 2.72. The van der Waals surface area contributed by atoms with Crippen LogP contribution in [0.3, 0.4) is 0 Å². The summed E-state index contributed by atoms with van der Waals surface area (Å²) in [5.41, 5.74) is 4.66. The number of nitrogens with one attached hydrogen (secondary N) is 1. The number of hydrogen-bond acceptors (Lipinski definition) is 2. The molecule has 1 aromatic carbocycles. The lowest BCUT2D eigenvalue weighted by atomic mass is 10.0. The monoisotopic (exact) mass is 242 g/mol. The summed E-state index contributed by atoms with van der Waals surface area (Å²) in [5.74, 6) is 0.931. The van der Waals surface area contributed by atoms with Crippen molar-refractivity contribution in [1.29, 1.82) is 0 Å². The molecule has 18 heavy (non-hydrogen) atoms. The van der Waals surface area contributed by atoms with E-state index >= 15 is 0 Å². The van der Waals surface area contributed by atoms with Crippen LogP contribution in [0.25, 0.3) is 11.3 Å². The molecular weight excluding hydrogens is 224 g/mol. The minimum absolute atomic E-state index is 0.0865. The Morgan fingerprint density at radius 2 is 2.11 bits per heavy atom. The van der Waals surface area contributed by atoms with Crippen LogP contribution in [0.15, 0.2) is 24.4 Å². The Morgan fingerprint density at radius 1 is 1.33 bits per heavy atom. The van der Waals surface area contributed by atoms with Gasteiger partial charge in [0.25, 0.3) is 0 Å². The molecule has 3 heteroatoms. The summed E-state index contributed by atoms with van der Waals surface area (Å²) in [7, 11) is 0. The molecule has 1 fully saturated rings. The number of aliphatic hydroxyl groups excluding tert-OH is 1. The third-order valence-corrected chi connectivity index (χ3v) is 3.91. The zero-order chi connectivity index (χ0) is 12.8. The molecule has 3 rings (SSSR count). The highest BCUT2D eigenvalue weighted by molar-refractivity contribution is 5.63. The third-order valence-electron chi connectivity index (χ3n) is 3.91. The fourth-order valence-electron chi connectivity index (χ4n) is 2.46. The standard InChI is InChI=1S/C15H18N2O/c1-10-3-4-12(11(2)7-10)13-8-16-14(17-13)15(9-18)5-6-15/h3-4,7-8,18H,5-6,9H2,1-2H3,(H,16,17). The molecule has 2 N–H and O–H groups in total. The van der Waals surface area contributed by atoms with E-state index in [-0.39, 0.29) is 12.0 Å². The van der Waals surface area contributed by atoms with Crippen LogP contribution in [-0.2, 0) is 5.41 Å². The first-order valence-corrected chi connectivity index (χ1v) is 6.39. The number of aromatic nitrogens is 2. The van der Waals surface area contributed by atoms with Gasteiger partial charge < -0.3 is 10.1 Å². The van der Waals surface area contributed by atoms with Gasteiger partial charge in [-0.05, 0) is 32.3 Å². The molecule has 3 nitrogen and oxygen atoms in total. The SMILES string of the molecule is Cc1ccc(-c2cnc(C3(CO)CC3)[nH]2)c(C)c1. The Morgan fingerprint density at radius 3 is 2.72 bits per heavy atom. The average Bonchev–Trinajstić information content (AvgIpc) is 3.00. The first kappa shape index (κ1) is 11.5. The van der Waals surface area contributed by atoms with Crippen molar-refractivity contribution in [2.45, 2.75) is 32.1 Å². The van der Waals surface area contributed by atoms with Crippen molar-refractivity contribution in [3.05, 3.63) is 41.3 Å². The second-order valence-electron chi connectivity index (χ2n) is 5.40. The molecule has 1 aromatic heterocycles. The van der Waals surface area contributed by atoms with Crippen molar-refractivity contribution in [1.82, 2.24) is 9.97 Å². The van der Waals surface area contributed by atoms with Crippen LogP contribution in [0.1, 0.15) is 29.8 Å². The van der Waals surface area contributed by atoms with Gasteiger partial charge in [0.05, 0.1) is 23.9 Å². The van der Waals surface area contributed by atoms with Gasteiger partial charge in [-0.15, -0.1) is 0 Å². The molecule has 0 saturated heterocycles. The Kier molecular flexibility index (Phi) is 2.52. The van der Waals surface area contributed by atoms with Crippen LogP contribution in [0.4, 0.5) is 0 Å². The Balaban J connectivity index is 1.98.